The lowest BCUT2D eigenvalue weighted by Gasteiger charge is -2.13. The third kappa shape index (κ3) is 4.77. The summed E-state index contributed by atoms with van der Waals surface area (Å²) < 4.78 is 1.80. The van der Waals surface area contributed by atoms with Crippen molar-refractivity contribution in [3.8, 4) is 10.6 Å². The van der Waals surface area contributed by atoms with Gasteiger partial charge in [0.15, 0.2) is 5.65 Å². The van der Waals surface area contributed by atoms with Crippen molar-refractivity contribution in [1.29, 1.82) is 0 Å². The fraction of sp³-hybridized carbons (Fsp3) is 0.250. The molecule has 0 fully saturated rings. The average Bonchev–Trinajstić information content (AvgIpc) is 3.44. The van der Waals surface area contributed by atoms with E-state index < -0.39 is 0 Å². The van der Waals surface area contributed by atoms with Gasteiger partial charge in [-0.1, -0.05) is 17.7 Å². The topological polar surface area (TPSA) is 88.9 Å². The maximum Gasteiger partial charge on any atom is 0.256 e. The Balaban J connectivity index is 1.75. The van der Waals surface area contributed by atoms with Crippen molar-refractivity contribution < 1.29 is 9.59 Å². The Kier molecular flexibility index (Phi) is 6.49. The first kappa shape index (κ1) is 22.9. The summed E-state index contributed by atoms with van der Waals surface area (Å²) in [6, 6.07) is 10.5. The maximum absolute atomic E-state index is 13.4. The SMILES string of the molecule is CC(C)NC(=O)c1ccc(Cl)c(NC(=O)c2cc(-c3cccs3)nc3c2cnn3C(C)C)c1. The van der Waals surface area contributed by atoms with Crippen molar-refractivity contribution in [2.45, 2.75) is 39.8 Å². The summed E-state index contributed by atoms with van der Waals surface area (Å²) in [5.74, 6) is -0.589. The number of halogens is 1. The molecule has 9 heteroatoms. The van der Waals surface area contributed by atoms with Crippen LogP contribution in [0.15, 0.2) is 48.0 Å². The van der Waals surface area contributed by atoms with Crippen LogP contribution in [0.4, 0.5) is 5.69 Å². The molecule has 0 atom stereocenters. The predicted octanol–water partition coefficient (Wildman–Crippen LogP) is 5.78. The van der Waals surface area contributed by atoms with Gasteiger partial charge in [0.1, 0.15) is 0 Å². The van der Waals surface area contributed by atoms with Crippen LogP contribution in [0.25, 0.3) is 21.6 Å². The van der Waals surface area contributed by atoms with E-state index in [1.807, 2.05) is 45.2 Å². The van der Waals surface area contributed by atoms with Gasteiger partial charge in [-0.3, -0.25) is 9.59 Å². The highest BCUT2D eigenvalue weighted by molar-refractivity contribution is 7.13. The van der Waals surface area contributed by atoms with E-state index in [9.17, 15) is 9.59 Å². The number of pyridine rings is 1. The van der Waals surface area contributed by atoms with Crippen LogP contribution in [0.1, 0.15) is 54.5 Å². The molecule has 7 nitrogen and oxygen atoms in total. The molecule has 0 aliphatic heterocycles. The van der Waals surface area contributed by atoms with Gasteiger partial charge in [0.2, 0.25) is 0 Å². The zero-order valence-corrected chi connectivity index (χ0v) is 20.3. The average molecular weight is 482 g/mol. The second kappa shape index (κ2) is 9.33. The van der Waals surface area contributed by atoms with Crippen molar-refractivity contribution in [1.82, 2.24) is 20.1 Å². The van der Waals surface area contributed by atoms with Gasteiger partial charge >= 0.3 is 0 Å². The van der Waals surface area contributed by atoms with Gasteiger partial charge in [-0.25, -0.2) is 9.67 Å². The molecule has 0 aliphatic carbocycles. The van der Waals surface area contributed by atoms with E-state index in [0.29, 0.717) is 38.6 Å². The Morgan fingerprint density at radius 2 is 1.88 bits per heavy atom. The molecule has 0 bridgehead atoms. The normalized spacial score (nSPS) is 11.4. The third-order valence-corrected chi connectivity index (χ3v) is 6.19. The van der Waals surface area contributed by atoms with Crippen LogP contribution >= 0.6 is 22.9 Å². The van der Waals surface area contributed by atoms with Crippen LogP contribution in [-0.4, -0.2) is 32.6 Å². The van der Waals surface area contributed by atoms with Crippen LogP contribution in [0.5, 0.6) is 0 Å². The van der Waals surface area contributed by atoms with Gasteiger partial charge in [-0.2, -0.15) is 5.10 Å². The minimum Gasteiger partial charge on any atom is -0.350 e. The number of hydrogen-bond acceptors (Lipinski definition) is 5. The number of fused-ring (bicyclic) bond motifs is 1. The van der Waals surface area contributed by atoms with Crippen molar-refractivity contribution in [2.75, 3.05) is 5.32 Å². The summed E-state index contributed by atoms with van der Waals surface area (Å²) in [6.07, 6.45) is 1.66. The van der Waals surface area contributed by atoms with E-state index in [0.717, 1.165) is 4.88 Å². The Morgan fingerprint density at radius 1 is 1.09 bits per heavy atom. The Labute approximate surface area is 200 Å². The van der Waals surface area contributed by atoms with Crippen LogP contribution < -0.4 is 10.6 Å². The van der Waals surface area contributed by atoms with E-state index in [-0.39, 0.29) is 23.9 Å². The zero-order chi connectivity index (χ0) is 23.7. The van der Waals surface area contributed by atoms with Crippen molar-refractivity contribution in [3.05, 3.63) is 64.1 Å². The minimum absolute atomic E-state index is 0.00973. The van der Waals surface area contributed by atoms with Crippen LogP contribution in [0.2, 0.25) is 5.02 Å². The molecule has 4 aromatic rings. The lowest BCUT2D eigenvalue weighted by atomic mass is 10.1. The fourth-order valence-corrected chi connectivity index (χ4v) is 4.28. The van der Waals surface area contributed by atoms with Gasteiger partial charge in [-0.15, -0.1) is 11.3 Å². The summed E-state index contributed by atoms with van der Waals surface area (Å²) in [5.41, 5.74) is 2.54. The summed E-state index contributed by atoms with van der Waals surface area (Å²) in [6.45, 7) is 7.79. The number of carbonyl (C=O) groups is 2. The highest BCUT2D eigenvalue weighted by Gasteiger charge is 2.20. The highest BCUT2D eigenvalue weighted by Crippen LogP contribution is 2.30. The van der Waals surface area contributed by atoms with Crippen molar-refractivity contribution in [2.24, 2.45) is 0 Å². The largest absolute Gasteiger partial charge is 0.350 e. The quantitative estimate of drug-likeness (QED) is 0.365. The first-order valence-corrected chi connectivity index (χ1v) is 11.8. The van der Waals surface area contributed by atoms with Gasteiger partial charge in [0, 0.05) is 17.6 Å². The predicted molar refractivity (Wildman–Crippen MR) is 133 cm³/mol. The molecule has 3 heterocycles. The fourth-order valence-electron chi connectivity index (χ4n) is 3.43. The number of benzene rings is 1. The maximum atomic E-state index is 13.4. The van der Waals surface area contributed by atoms with E-state index in [2.05, 4.69) is 15.7 Å². The summed E-state index contributed by atoms with van der Waals surface area (Å²) in [5, 5.41) is 13.1. The van der Waals surface area contributed by atoms with Crippen LogP contribution in [-0.2, 0) is 0 Å². The molecule has 0 unspecified atom stereocenters. The molecule has 0 saturated carbocycles. The van der Waals surface area contributed by atoms with Crippen molar-refractivity contribution in [3.63, 3.8) is 0 Å². The molecule has 3 aromatic heterocycles. The Bertz CT molecular complexity index is 1330. The molecule has 2 N–H and O–H groups in total. The van der Waals surface area contributed by atoms with E-state index >= 15 is 0 Å². The molecule has 4 rings (SSSR count). The number of nitrogens with zero attached hydrogens (tertiary/aromatic N) is 3. The van der Waals surface area contributed by atoms with E-state index in [4.69, 9.17) is 16.6 Å². The first-order chi connectivity index (χ1) is 15.7. The second-order valence-electron chi connectivity index (χ2n) is 8.23. The number of amides is 2. The molecule has 33 heavy (non-hydrogen) atoms. The molecule has 0 radical (unpaired) electrons. The van der Waals surface area contributed by atoms with Gasteiger partial charge < -0.3 is 10.6 Å². The molecule has 0 spiro atoms. The van der Waals surface area contributed by atoms with E-state index in [1.54, 1.807) is 46.5 Å². The van der Waals surface area contributed by atoms with E-state index in [1.165, 1.54) is 0 Å². The summed E-state index contributed by atoms with van der Waals surface area (Å²) >= 11 is 7.89. The lowest BCUT2D eigenvalue weighted by molar-refractivity contribution is 0.0942. The molecular weight excluding hydrogens is 458 g/mol. The molecular formula is C24H24ClN5O2S. The highest BCUT2D eigenvalue weighted by atomic mass is 35.5. The molecule has 2 amide bonds. The summed E-state index contributed by atoms with van der Waals surface area (Å²) in [4.78, 5) is 31.6. The number of aromatic nitrogens is 3. The number of carbonyl (C=O) groups excluding carboxylic acids is 2. The number of hydrogen-bond donors (Lipinski definition) is 2. The Morgan fingerprint density at radius 3 is 2.55 bits per heavy atom. The second-order valence-corrected chi connectivity index (χ2v) is 9.58. The van der Waals surface area contributed by atoms with Crippen LogP contribution in [0.3, 0.4) is 0 Å². The Hall–Kier alpha value is -3.23. The zero-order valence-electron chi connectivity index (χ0n) is 18.7. The molecule has 170 valence electrons. The summed E-state index contributed by atoms with van der Waals surface area (Å²) in [7, 11) is 0. The van der Waals surface area contributed by atoms with Crippen LogP contribution in [0, 0.1) is 0 Å². The number of thiophene rings is 1. The molecule has 0 aliphatic rings. The smallest absolute Gasteiger partial charge is 0.256 e. The number of nitrogens with one attached hydrogen (secondary N) is 2. The monoisotopic (exact) mass is 481 g/mol. The molecule has 0 saturated heterocycles. The third-order valence-electron chi connectivity index (χ3n) is 4.97. The number of rotatable bonds is 6. The standard InChI is InChI=1S/C24H24ClN5O2S/c1-13(2)27-23(31)15-7-8-18(25)19(10-15)29-24(32)16-11-20(21-6-5-9-33-21)28-22-17(16)12-26-30(22)14(3)4/h5-14H,1-4H3,(H,27,31)(H,29,32). The molecule has 1 aromatic carbocycles. The number of anilines is 1. The van der Waals surface area contributed by atoms with Gasteiger partial charge in [-0.05, 0) is 63.4 Å². The lowest BCUT2D eigenvalue weighted by Crippen LogP contribution is -2.30. The van der Waals surface area contributed by atoms with Gasteiger partial charge in [0.25, 0.3) is 11.8 Å². The first-order valence-electron chi connectivity index (χ1n) is 10.6. The minimum atomic E-state index is -0.355. The van der Waals surface area contributed by atoms with Crippen molar-refractivity contribution >= 4 is 51.5 Å². The van der Waals surface area contributed by atoms with Gasteiger partial charge in [0.05, 0.1) is 38.4 Å².